The van der Waals surface area contributed by atoms with Crippen LogP contribution in [0.1, 0.15) is 31.4 Å². The zero-order valence-corrected chi connectivity index (χ0v) is 17.0. The molecule has 0 amide bonds. The Labute approximate surface area is 170 Å². The van der Waals surface area contributed by atoms with E-state index in [0.717, 1.165) is 25.7 Å². The van der Waals surface area contributed by atoms with Crippen molar-refractivity contribution in [2.24, 2.45) is 0 Å². The highest BCUT2D eigenvalue weighted by atomic mass is 32.2. The molecule has 1 aromatic heterocycles. The molecule has 4 rings (SSSR count). The van der Waals surface area contributed by atoms with Crippen LogP contribution in [0.2, 0.25) is 0 Å². The van der Waals surface area contributed by atoms with E-state index < -0.39 is 10.0 Å². The predicted molar refractivity (Wildman–Crippen MR) is 107 cm³/mol. The molecule has 0 atom stereocenters. The van der Waals surface area contributed by atoms with Crippen molar-refractivity contribution in [3.63, 3.8) is 0 Å². The third-order valence-electron chi connectivity index (χ3n) is 5.32. The summed E-state index contributed by atoms with van der Waals surface area (Å²) in [5.41, 5.74) is 0.860. The Morgan fingerprint density at radius 1 is 0.966 bits per heavy atom. The minimum atomic E-state index is -3.50. The predicted octanol–water partition coefficient (Wildman–Crippen LogP) is 2.61. The average Bonchev–Trinajstić information content (AvgIpc) is 2.99. The number of nitriles is 1. The number of sulfonamides is 1. The van der Waals surface area contributed by atoms with Crippen molar-refractivity contribution in [3.8, 4) is 17.5 Å². The summed E-state index contributed by atoms with van der Waals surface area (Å²) in [5, 5.41) is 9.41. The molecule has 9 heteroatoms. The molecule has 1 aromatic carbocycles. The van der Waals surface area contributed by atoms with Gasteiger partial charge in [-0.2, -0.15) is 14.6 Å². The lowest BCUT2D eigenvalue weighted by molar-refractivity contribution is 0.121. The molecule has 0 N–H and O–H groups in total. The number of oxazole rings is 1. The zero-order chi connectivity index (χ0) is 20.3. The second-order valence-corrected chi connectivity index (χ2v) is 9.16. The number of rotatable bonds is 4. The van der Waals surface area contributed by atoms with Crippen LogP contribution < -0.4 is 4.90 Å². The lowest BCUT2D eigenvalue weighted by Crippen LogP contribution is -2.36. The van der Waals surface area contributed by atoms with Gasteiger partial charge in [0.15, 0.2) is 0 Å². The van der Waals surface area contributed by atoms with Crippen molar-refractivity contribution in [1.29, 1.82) is 5.26 Å². The fourth-order valence-electron chi connectivity index (χ4n) is 3.69. The van der Waals surface area contributed by atoms with Crippen molar-refractivity contribution in [3.05, 3.63) is 30.0 Å². The van der Waals surface area contributed by atoms with Crippen LogP contribution in [0.3, 0.4) is 0 Å². The standard InChI is InChI=1S/C20H24N4O4S/c21-15-18-20(23-11-13-27-14-12-23)28-19(22-18)16-5-7-17(8-6-16)29(25,26)24-9-3-1-2-4-10-24/h5-8H,1-4,9-14H2. The molecule has 8 nitrogen and oxygen atoms in total. The monoisotopic (exact) mass is 416 g/mol. The number of benzene rings is 1. The summed E-state index contributed by atoms with van der Waals surface area (Å²) in [5.74, 6) is 0.744. The number of nitrogens with zero attached hydrogens (tertiary/aromatic N) is 4. The smallest absolute Gasteiger partial charge is 0.243 e. The van der Waals surface area contributed by atoms with Gasteiger partial charge in [0.2, 0.25) is 27.5 Å². The van der Waals surface area contributed by atoms with Crippen molar-refractivity contribution in [2.45, 2.75) is 30.6 Å². The van der Waals surface area contributed by atoms with E-state index in [1.807, 2.05) is 4.90 Å². The number of ether oxygens (including phenoxy) is 1. The number of hydrogen-bond acceptors (Lipinski definition) is 7. The molecule has 0 spiro atoms. The van der Waals surface area contributed by atoms with Crippen LogP contribution in [-0.2, 0) is 14.8 Å². The molecule has 154 valence electrons. The van der Waals surface area contributed by atoms with Gasteiger partial charge in [-0.15, -0.1) is 0 Å². The summed E-state index contributed by atoms with van der Waals surface area (Å²) in [6.07, 6.45) is 3.94. The Bertz CT molecular complexity index is 980. The summed E-state index contributed by atoms with van der Waals surface area (Å²) in [6.45, 7) is 3.55. The van der Waals surface area contributed by atoms with Gasteiger partial charge in [0.1, 0.15) is 6.07 Å². The van der Waals surface area contributed by atoms with Crippen LogP contribution >= 0.6 is 0 Å². The highest BCUT2D eigenvalue weighted by Crippen LogP contribution is 2.30. The second kappa shape index (κ2) is 8.53. The summed E-state index contributed by atoms with van der Waals surface area (Å²) in [4.78, 5) is 6.51. The molecule has 0 bridgehead atoms. The Morgan fingerprint density at radius 2 is 1.62 bits per heavy atom. The first-order valence-electron chi connectivity index (χ1n) is 9.94. The molecular formula is C20H24N4O4S. The highest BCUT2D eigenvalue weighted by molar-refractivity contribution is 7.89. The second-order valence-electron chi connectivity index (χ2n) is 7.23. The molecule has 2 fully saturated rings. The van der Waals surface area contributed by atoms with Crippen LogP contribution in [0.15, 0.2) is 33.6 Å². The largest absolute Gasteiger partial charge is 0.419 e. The van der Waals surface area contributed by atoms with Crippen molar-refractivity contribution < 1.29 is 17.6 Å². The molecule has 2 saturated heterocycles. The quantitative estimate of drug-likeness (QED) is 0.755. The van der Waals surface area contributed by atoms with E-state index in [0.29, 0.717) is 56.7 Å². The number of aromatic nitrogens is 1. The lowest BCUT2D eigenvalue weighted by atomic mass is 10.2. The maximum absolute atomic E-state index is 12.9. The molecule has 0 saturated carbocycles. The first-order valence-corrected chi connectivity index (χ1v) is 11.4. The Balaban J connectivity index is 1.58. The normalized spacial score (nSPS) is 18.9. The SMILES string of the molecule is N#Cc1nc(-c2ccc(S(=O)(=O)N3CCCCCC3)cc2)oc1N1CCOCC1. The van der Waals surface area contributed by atoms with E-state index in [1.54, 1.807) is 28.6 Å². The minimum Gasteiger partial charge on any atom is -0.419 e. The van der Waals surface area contributed by atoms with E-state index in [9.17, 15) is 13.7 Å². The molecule has 0 aliphatic carbocycles. The van der Waals surface area contributed by atoms with Gasteiger partial charge < -0.3 is 14.1 Å². The molecule has 0 radical (unpaired) electrons. The van der Waals surface area contributed by atoms with Crippen LogP contribution in [0.4, 0.5) is 5.88 Å². The highest BCUT2D eigenvalue weighted by Gasteiger charge is 2.26. The van der Waals surface area contributed by atoms with E-state index in [1.165, 1.54) is 0 Å². The average molecular weight is 417 g/mol. The fourth-order valence-corrected chi connectivity index (χ4v) is 5.21. The Kier molecular flexibility index (Phi) is 5.85. The van der Waals surface area contributed by atoms with E-state index in [4.69, 9.17) is 9.15 Å². The summed E-state index contributed by atoms with van der Waals surface area (Å²) < 4.78 is 38.6. The Morgan fingerprint density at radius 3 is 2.24 bits per heavy atom. The topological polar surface area (TPSA) is 99.7 Å². The van der Waals surface area contributed by atoms with Gasteiger partial charge in [-0.3, -0.25) is 0 Å². The van der Waals surface area contributed by atoms with Crippen LogP contribution in [0.5, 0.6) is 0 Å². The Hall–Kier alpha value is -2.41. The molecule has 29 heavy (non-hydrogen) atoms. The summed E-state index contributed by atoms with van der Waals surface area (Å²) in [7, 11) is -3.50. The third-order valence-corrected chi connectivity index (χ3v) is 7.23. The van der Waals surface area contributed by atoms with Crippen molar-refractivity contribution in [1.82, 2.24) is 9.29 Å². The van der Waals surface area contributed by atoms with Crippen LogP contribution in [0.25, 0.3) is 11.5 Å². The maximum Gasteiger partial charge on any atom is 0.243 e. The molecule has 2 aliphatic heterocycles. The molecule has 2 aliphatic rings. The van der Waals surface area contributed by atoms with E-state index >= 15 is 0 Å². The minimum absolute atomic E-state index is 0.225. The van der Waals surface area contributed by atoms with Gasteiger partial charge >= 0.3 is 0 Å². The third kappa shape index (κ3) is 4.15. The molecule has 3 heterocycles. The summed E-state index contributed by atoms with van der Waals surface area (Å²) >= 11 is 0. The van der Waals surface area contributed by atoms with Crippen molar-refractivity contribution >= 4 is 15.9 Å². The van der Waals surface area contributed by atoms with Gasteiger partial charge in [-0.1, -0.05) is 12.8 Å². The van der Waals surface area contributed by atoms with E-state index in [-0.39, 0.29) is 10.6 Å². The first kappa shape index (κ1) is 19.9. The number of morpholine rings is 1. The lowest BCUT2D eigenvalue weighted by Gasteiger charge is -2.25. The zero-order valence-electron chi connectivity index (χ0n) is 16.2. The maximum atomic E-state index is 12.9. The van der Waals surface area contributed by atoms with Crippen molar-refractivity contribution in [2.75, 3.05) is 44.3 Å². The van der Waals surface area contributed by atoms with Gasteiger partial charge in [-0.25, -0.2) is 8.42 Å². The molecule has 0 unspecified atom stereocenters. The number of anilines is 1. The fraction of sp³-hybridized carbons (Fsp3) is 0.500. The van der Waals surface area contributed by atoms with E-state index in [2.05, 4.69) is 11.1 Å². The van der Waals surface area contributed by atoms with Gasteiger partial charge in [-0.05, 0) is 37.1 Å². The van der Waals surface area contributed by atoms with Gasteiger partial charge in [0, 0.05) is 31.7 Å². The number of hydrogen-bond donors (Lipinski definition) is 0. The molecule has 2 aromatic rings. The molecular weight excluding hydrogens is 392 g/mol. The van der Waals surface area contributed by atoms with Gasteiger partial charge in [0.05, 0.1) is 18.1 Å². The first-order chi connectivity index (χ1) is 14.1. The van der Waals surface area contributed by atoms with Crippen LogP contribution in [-0.4, -0.2) is 57.1 Å². The van der Waals surface area contributed by atoms with Crippen LogP contribution in [0, 0.1) is 11.3 Å². The van der Waals surface area contributed by atoms with Gasteiger partial charge in [0.25, 0.3) is 0 Å². The summed E-state index contributed by atoms with van der Waals surface area (Å²) in [6, 6.07) is 8.61.